The van der Waals surface area contributed by atoms with E-state index in [4.69, 9.17) is 16.0 Å². The lowest BCUT2D eigenvalue weighted by Crippen LogP contribution is -2.12. The van der Waals surface area contributed by atoms with Gasteiger partial charge in [-0.1, -0.05) is 42.0 Å². The van der Waals surface area contributed by atoms with Crippen LogP contribution in [0.3, 0.4) is 0 Å². The highest BCUT2D eigenvalue weighted by Gasteiger charge is 2.09. The molecule has 0 aliphatic heterocycles. The van der Waals surface area contributed by atoms with Crippen molar-refractivity contribution >= 4 is 29.2 Å². The molecule has 122 valence electrons. The number of hydrogen-bond donors (Lipinski definition) is 0. The molecule has 0 fully saturated rings. The maximum absolute atomic E-state index is 6.19. The van der Waals surface area contributed by atoms with Gasteiger partial charge in [0.05, 0.1) is 19.0 Å². The highest BCUT2D eigenvalue weighted by molar-refractivity contribution is 7.07. The van der Waals surface area contributed by atoms with Crippen molar-refractivity contribution in [2.24, 2.45) is 10.1 Å². The maximum Gasteiger partial charge on any atom is 0.206 e. The number of hydrogen-bond acceptors (Lipinski definition) is 4. The molecule has 0 saturated carbocycles. The first-order chi connectivity index (χ1) is 11.6. The second-order valence-corrected chi connectivity index (χ2v) is 6.48. The normalized spacial score (nSPS) is 12.2. The van der Waals surface area contributed by atoms with Crippen LogP contribution >= 0.6 is 22.9 Å². The van der Waals surface area contributed by atoms with Crippen LogP contribution in [0, 0.1) is 0 Å². The molecule has 0 aliphatic carbocycles. The van der Waals surface area contributed by atoms with Gasteiger partial charge in [0.2, 0.25) is 4.80 Å². The Morgan fingerprint density at radius 3 is 2.88 bits per heavy atom. The number of halogens is 1. The fourth-order valence-corrected chi connectivity index (χ4v) is 3.02. The fourth-order valence-electron chi connectivity index (χ4n) is 2.02. The van der Waals surface area contributed by atoms with Gasteiger partial charge in [-0.15, -0.1) is 11.3 Å². The monoisotopic (exact) mass is 357 g/mol. The Bertz CT molecular complexity index is 935. The van der Waals surface area contributed by atoms with Crippen molar-refractivity contribution < 1.29 is 4.42 Å². The van der Waals surface area contributed by atoms with Crippen LogP contribution in [-0.4, -0.2) is 17.4 Å². The van der Waals surface area contributed by atoms with E-state index >= 15 is 0 Å². The summed E-state index contributed by atoms with van der Waals surface area (Å²) in [5.41, 5.74) is 2.67. The van der Waals surface area contributed by atoms with Crippen molar-refractivity contribution in [2.45, 2.75) is 6.92 Å². The van der Waals surface area contributed by atoms with E-state index in [2.05, 4.69) is 16.7 Å². The van der Waals surface area contributed by atoms with Gasteiger partial charge in [-0.05, 0) is 25.1 Å². The summed E-state index contributed by atoms with van der Waals surface area (Å²) in [7, 11) is 0. The zero-order chi connectivity index (χ0) is 16.9. The van der Waals surface area contributed by atoms with Crippen LogP contribution in [0.15, 0.2) is 74.7 Å². The quantitative estimate of drug-likeness (QED) is 0.476. The topological polar surface area (TPSA) is 42.8 Å². The van der Waals surface area contributed by atoms with Crippen LogP contribution in [0.5, 0.6) is 0 Å². The van der Waals surface area contributed by atoms with Crippen molar-refractivity contribution in [3.63, 3.8) is 0 Å². The second kappa shape index (κ2) is 7.47. The molecule has 0 spiro atoms. The molecule has 4 nitrogen and oxygen atoms in total. The molecule has 24 heavy (non-hydrogen) atoms. The number of thiazole rings is 1. The lowest BCUT2D eigenvalue weighted by molar-refractivity contribution is 0.575. The first-order valence-corrected chi connectivity index (χ1v) is 8.59. The molecule has 0 bridgehead atoms. The molecule has 3 rings (SSSR count). The highest BCUT2D eigenvalue weighted by Crippen LogP contribution is 2.21. The first kappa shape index (κ1) is 16.5. The lowest BCUT2D eigenvalue weighted by Gasteiger charge is -2.01. The minimum Gasteiger partial charge on any atom is -0.463 e. The predicted octanol–water partition coefficient (Wildman–Crippen LogP) is 4.82. The summed E-state index contributed by atoms with van der Waals surface area (Å²) in [4.78, 5) is 5.34. The summed E-state index contributed by atoms with van der Waals surface area (Å²) in [6.45, 7) is 6.39. The predicted molar refractivity (Wildman–Crippen MR) is 99.7 cm³/mol. The van der Waals surface area contributed by atoms with E-state index in [1.165, 1.54) is 11.3 Å². The standard InChI is InChI=1S/C18H16ClN3OS/c1-13(2)10-20-18-22(16(12-24-18)17-8-5-9-23-17)21-11-14-6-3-4-7-15(14)19/h3-9,11-12H,1,10H2,2H3. The largest absolute Gasteiger partial charge is 0.463 e. The van der Waals surface area contributed by atoms with E-state index in [1.807, 2.05) is 48.7 Å². The molecular formula is C18H16ClN3OS. The third-order valence-electron chi connectivity index (χ3n) is 3.16. The molecule has 0 unspecified atom stereocenters. The van der Waals surface area contributed by atoms with E-state index < -0.39 is 0 Å². The molecule has 3 aromatic rings. The van der Waals surface area contributed by atoms with Gasteiger partial charge in [0.15, 0.2) is 5.76 Å². The molecule has 0 saturated heterocycles. The lowest BCUT2D eigenvalue weighted by atomic mass is 10.2. The summed E-state index contributed by atoms with van der Waals surface area (Å²) in [6, 6.07) is 11.3. The fraction of sp³-hybridized carbons (Fsp3) is 0.111. The minimum absolute atomic E-state index is 0.555. The Morgan fingerprint density at radius 1 is 1.33 bits per heavy atom. The number of rotatable bonds is 5. The number of nitrogens with zero attached hydrogens (tertiary/aromatic N) is 3. The van der Waals surface area contributed by atoms with Crippen molar-refractivity contribution in [2.75, 3.05) is 6.54 Å². The summed E-state index contributed by atoms with van der Waals surface area (Å²) in [5, 5.41) is 7.19. The van der Waals surface area contributed by atoms with Crippen molar-refractivity contribution in [3.05, 3.63) is 75.6 Å². The summed E-state index contributed by atoms with van der Waals surface area (Å²) >= 11 is 7.70. The van der Waals surface area contributed by atoms with Crippen molar-refractivity contribution in [1.29, 1.82) is 0 Å². The third kappa shape index (κ3) is 3.75. The summed E-state index contributed by atoms with van der Waals surface area (Å²) in [5.74, 6) is 0.735. The Morgan fingerprint density at radius 2 is 2.17 bits per heavy atom. The van der Waals surface area contributed by atoms with E-state index in [9.17, 15) is 0 Å². The summed E-state index contributed by atoms with van der Waals surface area (Å²) in [6.07, 6.45) is 3.36. The number of benzene rings is 1. The zero-order valence-electron chi connectivity index (χ0n) is 13.1. The van der Waals surface area contributed by atoms with Crippen LogP contribution in [0.4, 0.5) is 0 Å². The molecular weight excluding hydrogens is 342 g/mol. The van der Waals surface area contributed by atoms with E-state index in [1.54, 1.807) is 17.2 Å². The van der Waals surface area contributed by atoms with E-state index in [-0.39, 0.29) is 0 Å². The second-order valence-electron chi connectivity index (χ2n) is 5.23. The molecule has 0 amide bonds. The van der Waals surface area contributed by atoms with Gasteiger partial charge in [0.1, 0.15) is 5.69 Å². The average molecular weight is 358 g/mol. The average Bonchev–Trinajstić information content (AvgIpc) is 3.21. The van der Waals surface area contributed by atoms with Crippen LogP contribution in [-0.2, 0) is 0 Å². The number of furan rings is 1. The Labute approximate surface area is 149 Å². The molecule has 0 atom stereocenters. The minimum atomic E-state index is 0.555. The van der Waals surface area contributed by atoms with Crippen LogP contribution in [0.25, 0.3) is 11.5 Å². The Balaban J connectivity index is 2.06. The smallest absolute Gasteiger partial charge is 0.206 e. The maximum atomic E-state index is 6.19. The van der Waals surface area contributed by atoms with E-state index in [0.717, 1.165) is 27.4 Å². The molecule has 0 radical (unpaired) electrons. The van der Waals surface area contributed by atoms with Crippen molar-refractivity contribution in [1.82, 2.24) is 4.68 Å². The van der Waals surface area contributed by atoms with Gasteiger partial charge in [-0.2, -0.15) is 5.10 Å². The van der Waals surface area contributed by atoms with Gasteiger partial charge < -0.3 is 4.42 Å². The molecule has 0 aliphatic rings. The van der Waals surface area contributed by atoms with Gasteiger partial charge in [0.25, 0.3) is 0 Å². The van der Waals surface area contributed by atoms with Crippen molar-refractivity contribution in [3.8, 4) is 11.5 Å². The van der Waals surface area contributed by atoms with Crippen LogP contribution < -0.4 is 4.80 Å². The van der Waals surface area contributed by atoms with Gasteiger partial charge in [-0.3, -0.25) is 4.99 Å². The molecule has 1 aromatic carbocycles. The van der Waals surface area contributed by atoms with E-state index in [0.29, 0.717) is 11.6 Å². The number of aromatic nitrogens is 1. The molecule has 2 aromatic heterocycles. The van der Waals surface area contributed by atoms with Crippen LogP contribution in [0.2, 0.25) is 5.02 Å². The van der Waals surface area contributed by atoms with Crippen LogP contribution in [0.1, 0.15) is 12.5 Å². The molecule has 2 heterocycles. The Hall–Kier alpha value is -2.37. The van der Waals surface area contributed by atoms with Gasteiger partial charge in [0, 0.05) is 16.0 Å². The Kier molecular flexibility index (Phi) is 5.13. The highest BCUT2D eigenvalue weighted by atomic mass is 35.5. The van der Waals surface area contributed by atoms with Gasteiger partial charge in [-0.25, -0.2) is 4.68 Å². The third-order valence-corrected chi connectivity index (χ3v) is 4.36. The molecule has 6 heteroatoms. The zero-order valence-corrected chi connectivity index (χ0v) is 14.7. The summed E-state index contributed by atoms with van der Waals surface area (Å²) < 4.78 is 7.26. The molecule has 0 N–H and O–H groups in total. The van der Waals surface area contributed by atoms with Gasteiger partial charge >= 0.3 is 0 Å². The first-order valence-electron chi connectivity index (χ1n) is 7.33. The SMILES string of the molecule is C=C(C)CN=c1scc(-c2ccco2)n1N=Cc1ccccc1Cl.